The molecule has 4 nitrogen and oxygen atoms in total. The number of carbonyl (C=O) groups excluding carboxylic acids is 1. The summed E-state index contributed by atoms with van der Waals surface area (Å²) < 4.78 is 10.0. The Labute approximate surface area is 114 Å². The van der Waals surface area contributed by atoms with Gasteiger partial charge >= 0.3 is 5.97 Å². The quantitative estimate of drug-likeness (QED) is 0.850. The van der Waals surface area contributed by atoms with Crippen molar-refractivity contribution in [2.24, 2.45) is 0 Å². The molecule has 18 heavy (non-hydrogen) atoms. The van der Waals surface area contributed by atoms with Crippen LogP contribution in [-0.4, -0.2) is 30.9 Å². The molecule has 0 aliphatic carbocycles. The summed E-state index contributed by atoms with van der Waals surface area (Å²) in [7, 11) is 1.27. The van der Waals surface area contributed by atoms with Crippen molar-refractivity contribution in [1.29, 1.82) is 0 Å². The molecule has 0 spiro atoms. The van der Waals surface area contributed by atoms with Gasteiger partial charge in [-0.3, -0.25) is 0 Å². The molecule has 1 N–H and O–H groups in total. The summed E-state index contributed by atoms with van der Waals surface area (Å²) in [4.78, 5) is 11.6. The van der Waals surface area contributed by atoms with Crippen LogP contribution in [0.3, 0.4) is 0 Å². The molecule has 2 rings (SSSR count). The van der Waals surface area contributed by atoms with Crippen LogP contribution >= 0.6 is 23.2 Å². The van der Waals surface area contributed by atoms with Crippen LogP contribution in [0.2, 0.25) is 10.0 Å². The van der Waals surface area contributed by atoms with Gasteiger partial charge in [0.25, 0.3) is 0 Å². The topological polar surface area (TPSA) is 55.8 Å². The summed E-state index contributed by atoms with van der Waals surface area (Å²) in [6, 6.07) is 3.02. The summed E-state index contributed by atoms with van der Waals surface area (Å²) in [5.41, 5.74) is -0.381. The Bertz CT molecular complexity index is 503. The second-order valence-electron chi connectivity index (χ2n) is 4.21. The number of hydrogen-bond donors (Lipinski definition) is 1. The van der Waals surface area contributed by atoms with Crippen LogP contribution in [0, 0.1) is 0 Å². The molecule has 1 heterocycles. The van der Waals surface area contributed by atoms with Gasteiger partial charge in [0, 0.05) is 10.6 Å². The van der Waals surface area contributed by atoms with E-state index in [9.17, 15) is 9.90 Å². The molecular weight excluding hydrogens is 279 g/mol. The predicted molar refractivity (Wildman–Crippen MR) is 67.1 cm³/mol. The standard InChI is InChI=1S/C12H12Cl2O4/c1-12(8(15)5-18-12)9-7(13)4-3-6(10(9)14)11(16)17-2/h3-4,8,15H,5H2,1-2H3. The molecule has 1 aliphatic rings. The minimum Gasteiger partial charge on any atom is -0.465 e. The van der Waals surface area contributed by atoms with Crippen molar-refractivity contribution in [2.45, 2.75) is 18.6 Å². The molecule has 0 aromatic heterocycles. The van der Waals surface area contributed by atoms with E-state index in [0.717, 1.165) is 0 Å². The van der Waals surface area contributed by atoms with Gasteiger partial charge in [0.2, 0.25) is 0 Å². The highest BCUT2D eigenvalue weighted by Crippen LogP contribution is 2.45. The molecule has 1 saturated heterocycles. The minimum absolute atomic E-state index is 0.149. The van der Waals surface area contributed by atoms with Crippen LogP contribution < -0.4 is 0 Å². The number of esters is 1. The molecular formula is C12H12Cl2O4. The van der Waals surface area contributed by atoms with Crippen molar-refractivity contribution in [3.8, 4) is 0 Å². The molecule has 1 aliphatic heterocycles. The van der Waals surface area contributed by atoms with E-state index in [1.54, 1.807) is 6.92 Å². The average molecular weight is 291 g/mol. The molecule has 2 unspecified atom stereocenters. The number of aliphatic hydroxyl groups excluding tert-OH is 1. The first-order valence-electron chi connectivity index (χ1n) is 5.30. The van der Waals surface area contributed by atoms with Crippen LogP contribution in [0.15, 0.2) is 12.1 Å². The second-order valence-corrected chi connectivity index (χ2v) is 4.99. The third-order valence-electron chi connectivity index (χ3n) is 3.17. The summed E-state index contributed by atoms with van der Waals surface area (Å²) in [5.74, 6) is -0.560. The Hall–Kier alpha value is -0.810. The monoisotopic (exact) mass is 290 g/mol. The van der Waals surface area contributed by atoms with Gasteiger partial charge in [-0.25, -0.2) is 4.79 Å². The largest absolute Gasteiger partial charge is 0.465 e. The van der Waals surface area contributed by atoms with E-state index >= 15 is 0 Å². The van der Waals surface area contributed by atoms with Crippen LogP contribution in [0.4, 0.5) is 0 Å². The lowest BCUT2D eigenvalue weighted by Gasteiger charge is -2.45. The summed E-state index contributed by atoms with van der Waals surface area (Å²) in [6.45, 7) is 1.89. The maximum atomic E-state index is 11.6. The first kappa shape index (κ1) is 13.6. The maximum Gasteiger partial charge on any atom is 0.339 e. The van der Waals surface area contributed by atoms with Crippen molar-refractivity contribution < 1.29 is 19.4 Å². The molecule has 0 saturated carbocycles. The Morgan fingerprint density at radius 1 is 1.56 bits per heavy atom. The lowest BCUT2D eigenvalue weighted by molar-refractivity contribution is -0.236. The number of ether oxygens (including phenoxy) is 2. The summed E-state index contributed by atoms with van der Waals surface area (Å²) >= 11 is 12.3. The number of halogens is 2. The van der Waals surface area contributed by atoms with E-state index in [1.165, 1.54) is 19.2 Å². The second kappa shape index (κ2) is 4.70. The zero-order valence-corrected chi connectivity index (χ0v) is 11.4. The van der Waals surface area contributed by atoms with Crippen LogP contribution in [0.25, 0.3) is 0 Å². The smallest absolute Gasteiger partial charge is 0.339 e. The van der Waals surface area contributed by atoms with Gasteiger partial charge in [-0.1, -0.05) is 23.2 Å². The maximum absolute atomic E-state index is 11.6. The number of aliphatic hydroxyl groups is 1. The van der Waals surface area contributed by atoms with Crippen LogP contribution in [-0.2, 0) is 15.1 Å². The molecule has 2 atom stereocenters. The van der Waals surface area contributed by atoms with Crippen molar-refractivity contribution in [2.75, 3.05) is 13.7 Å². The third-order valence-corrected chi connectivity index (χ3v) is 3.88. The number of rotatable bonds is 2. The SMILES string of the molecule is COC(=O)c1ccc(Cl)c(C2(C)OCC2O)c1Cl. The van der Waals surface area contributed by atoms with Gasteiger partial charge < -0.3 is 14.6 Å². The average Bonchev–Trinajstić information content (AvgIpc) is 2.36. The first-order chi connectivity index (χ1) is 8.41. The highest BCUT2D eigenvalue weighted by atomic mass is 35.5. The van der Waals surface area contributed by atoms with E-state index in [0.29, 0.717) is 10.6 Å². The number of benzene rings is 1. The minimum atomic E-state index is -0.988. The van der Waals surface area contributed by atoms with Gasteiger partial charge in [-0.05, 0) is 19.1 Å². The van der Waals surface area contributed by atoms with Crippen molar-refractivity contribution >= 4 is 29.2 Å². The molecule has 6 heteroatoms. The molecule has 1 aromatic rings. The fraction of sp³-hybridized carbons (Fsp3) is 0.417. The Morgan fingerprint density at radius 3 is 2.67 bits per heavy atom. The highest BCUT2D eigenvalue weighted by Gasteiger charge is 2.48. The normalized spacial score (nSPS) is 26.6. The molecule has 0 bridgehead atoms. The van der Waals surface area contributed by atoms with E-state index in [-0.39, 0.29) is 17.2 Å². The first-order valence-corrected chi connectivity index (χ1v) is 6.06. The zero-order chi connectivity index (χ0) is 13.5. The summed E-state index contributed by atoms with van der Waals surface area (Å²) in [5, 5.41) is 10.3. The van der Waals surface area contributed by atoms with Gasteiger partial charge in [0.05, 0.1) is 24.3 Å². The number of carbonyl (C=O) groups is 1. The molecule has 0 radical (unpaired) electrons. The highest BCUT2D eigenvalue weighted by molar-refractivity contribution is 6.38. The zero-order valence-electron chi connectivity index (χ0n) is 9.87. The number of hydrogen-bond acceptors (Lipinski definition) is 4. The van der Waals surface area contributed by atoms with Gasteiger partial charge in [-0.15, -0.1) is 0 Å². The van der Waals surface area contributed by atoms with Crippen LogP contribution in [0.5, 0.6) is 0 Å². The van der Waals surface area contributed by atoms with Gasteiger partial charge in [-0.2, -0.15) is 0 Å². The van der Waals surface area contributed by atoms with Gasteiger partial charge in [0.1, 0.15) is 11.7 Å². The lowest BCUT2D eigenvalue weighted by atomic mass is 9.85. The Balaban J connectivity index is 2.57. The lowest BCUT2D eigenvalue weighted by Crippen LogP contribution is -2.53. The Morgan fingerprint density at radius 2 is 2.22 bits per heavy atom. The Kier molecular flexibility index (Phi) is 3.56. The van der Waals surface area contributed by atoms with Crippen molar-refractivity contribution in [3.05, 3.63) is 33.3 Å². The van der Waals surface area contributed by atoms with Crippen molar-refractivity contribution in [3.63, 3.8) is 0 Å². The van der Waals surface area contributed by atoms with E-state index in [2.05, 4.69) is 4.74 Å². The molecule has 98 valence electrons. The van der Waals surface area contributed by atoms with E-state index in [4.69, 9.17) is 27.9 Å². The molecule has 1 fully saturated rings. The fourth-order valence-corrected chi connectivity index (χ4v) is 2.74. The van der Waals surface area contributed by atoms with E-state index in [1.807, 2.05) is 0 Å². The van der Waals surface area contributed by atoms with Gasteiger partial charge in [0.15, 0.2) is 0 Å². The molecule has 1 aromatic carbocycles. The predicted octanol–water partition coefficient (Wildman–Crippen LogP) is 2.39. The molecule has 0 amide bonds. The summed E-state index contributed by atoms with van der Waals surface area (Å²) in [6.07, 6.45) is -0.708. The van der Waals surface area contributed by atoms with Crippen LogP contribution in [0.1, 0.15) is 22.8 Å². The fourth-order valence-electron chi connectivity index (χ4n) is 1.92. The van der Waals surface area contributed by atoms with Crippen molar-refractivity contribution in [1.82, 2.24) is 0 Å². The number of methoxy groups -OCH3 is 1. The third kappa shape index (κ3) is 1.89. The van der Waals surface area contributed by atoms with E-state index < -0.39 is 17.7 Å².